The summed E-state index contributed by atoms with van der Waals surface area (Å²) in [5.41, 5.74) is 0.249. The molecule has 0 aliphatic heterocycles. The third-order valence-corrected chi connectivity index (χ3v) is 5.85. The first-order valence-corrected chi connectivity index (χ1v) is 10.2. The molecule has 0 unspecified atom stereocenters. The Morgan fingerprint density at radius 2 is 2.09 bits per heavy atom. The van der Waals surface area contributed by atoms with E-state index in [0.29, 0.717) is 11.6 Å². The highest BCUT2D eigenvalue weighted by atomic mass is 32.2. The van der Waals surface area contributed by atoms with Gasteiger partial charge in [-0.1, -0.05) is 19.3 Å². The summed E-state index contributed by atoms with van der Waals surface area (Å²) in [5, 5.41) is 2.24. The van der Waals surface area contributed by atoms with E-state index in [4.69, 9.17) is 4.74 Å². The third-order valence-electron chi connectivity index (χ3n) is 3.74. The summed E-state index contributed by atoms with van der Waals surface area (Å²) in [6, 6.07) is 0.0405. The lowest BCUT2D eigenvalue weighted by Gasteiger charge is -2.31. The molecule has 0 aromatic carbocycles. The molecule has 124 valence electrons. The van der Waals surface area contributed by atoms with Crippen molar-refractivity contribution in [3.05, 3.63) is 16.1 Å². The van der Waals surface area contributed by atoms with E-state index in [1.165, 1.54) is 28.3 Å². The first kappa shape index (κ1) is 17.4. The van der Waals surface area contributed by atoms with Crippen molar-refractivity contribution in [2.45, 2.75) is 51.6 Å². The predicted molar refractivity (Wildman–Crippen MR) is 85.3 cm³/mol. The topological polar surface area (TPSA) is 76.6 Å². The van der Waals surface area contributed by atoms with Gasteiger partial charge in [-0.2, -0.15) is 4.31 Å². The highest BCUT2D eigenvalue weighted by Gasteiger charge is 2.29. The fourth-order valence-electron chi connectivity index (χ4n) is 2.70. The van der Waals surface area contributed by atoms with E-state index < -0.39 is 16.0 Å². The van der Waals surface area contributed by atoms with E-state index in [1.54, 1.807) is 12.3 Å². The summed E-state index contributed by atoms with van der Waals surface area (Å²) in [6.45, 7) is 2.26. The summed E-state index contributed by atoms with van der Waals surface area (Å²) < 4.78 is 30.6. The molecule has 1 aliphatic rings. The van der Waals surface area contributed by atoms with E-state index in [1.807, 2.05) is 0 Å². The van der Waals surface area contributed by atoms with E-state index in [-0.39, 0.29) is 18.3 Å². The van der Waals surface area contributed by atoms with Crippen LogP contribution in [0, 0.1) is 0 Å². The molecule has 0 amide bonds. The number of nitrogens with zero attached hydrogens (tertiary/aromatic N) is 2. The minimum Gasteiger partial charge on any atom is -0.461 e. The van der Waals surface area contributed by atoms with E-state index in [0.717, 1.165) is 25.7 Å². The van der Waals surface area contributed by atoms with Crippen LogP contribution in [0.2, 0.25) is 0 Å². The molecule has 1 fully saturated rings. The van der Waals surface area contributed by atoms with E-state index in [2.05, 4.69) is 4.98 Å². The maximum Gasteiger partial charge on any atom is 0.357 e. The second kappa shape index (κ2) is 7.52. The smallest absolute Gasteiger partial charge is 0.357 e. The van der Waals surface area contributed by atoms with Crippen molar-refractivity contribution >= 4 is 27.3 Å². The third kappa shape index (κ3) is 4.50. The van der Waals surface area contributed by atoms with Gasteiger partial charge in [0.05, 0.1) is 19.4 Å². The number of thiazole rings is 1. The molecule has 0 saturated heterocycles. The summed E-state index contributed by atoms with van der Waals surface area (Å²) in [4.78, 5) is 15.8. The van der Waals surface area contributed by atoms with Crippen molar-refractivity contribution in [2.24, 2.45) is 0 Å². The number of carbonyl (C=O) groups is 1. The fourth-order valence-corrected chi connectivity index (χ4v) is 4.65. The van der Waals surface area contributed by atoms with Crippen LogP contribution in [0.1, 0.15) is 54.5 Å². The Hall–Kier alpha value is -0.990. The molecule has 6 nitrogen and oxygen atoms in total. The van der Waals surface area contributed by atoms with Gasteiger partial charge >= 0.3 is 5.97 Å². The van der Waals surface area contributed by atoms with Gasteiger partial charge in [0.15, 0.2) is 5.69 Å². The molecule has 1 heterocycles. The fraction of sp³-hybridized carbons (Fsp3) is 0.714. The van der Waals surface area contributed by atoms with Crippen LogP contribution in [0.4, 0.5) is 0 Å². The quantitative estimate of drug-likeness (QED) is 0.739. The number of sulfonamides is 1. The standard InChI is InChI=1S/C14H22N2O4S2/c1-3-20-14(17)12-10-21-13(15-12)9-16(22(2,18)19)11-7-5-4-6-8-11/h10-11H,3-9H2,1-2H3. The van der Waals surface area contributed by atoms with Crippen LogP contribution in [0.3, 0.4) is 0 Å². The summed E-state index contributed by atoms with van der Waals surface area (Å²) in [7, 11) is -3.30. The first-order chi connectivity index (χ1) is 10.4. The van der Waals surface area contributed by atoms with Crippen molar-refractivity contribution in [1.29, 1.82) is 0 Å². The van der Waals surface area contributed by atoms with Gasteiger partial charge < -0.3 is 4.74 Å². The van der Waals surface area contributed by atoms with Crippen molar-refractivity contribution in [1.82, 2.24) is 9.29 Å². The van der Waals surface area contributed by atoms with E-state index in [9.17, 15) is 13.2 Å². The van der Waals surface area contributed by atoms with Crippen LogP contribution in [0.15, 0.2) is 5.38 Å². The predicted octanol–water partition coefficient (Wildman–Crippen LogP) is 2.41. The normalized spacial score (nSPS) is 16.9. The summed E-state index contributed by atoms with van der Waals surface area (Å²) >= 11 is 1.29. The maximum atomic E-state index is 12.1. The molecule has 0 N–H and O–H groups in total. The average Bonchev–Trinajstić information content (AvgIpc) is 2.93. The Morgan fingerprint density at radius 1 is 1.41 bits per heavy atom. The number of carbonyl (C=O) groups excluding carboxylic acids is 1. The molecule has 22 heavy (non-hydrogen) atoms. The average molecular weight is 346 g/mol. The first-order valence-electron chi connectivity index (χ1n) is 7.50. The zero-order chi connectivity index (χ0) is 16.2. The second-order valence-corrected chi connectivity index (χ2v) is 8.32. The number of esters is 1. The Kier molecular flexibility index (Phi) is 5.94. The monoisotopic (exact) mass is 346 g/mol. The SMILES string of the molecule is CCOC(=O)c1csc(CN(C2CCCCC2)S(C)(=O)=O)n1. The highest BCUT2D eigenvalue weighted by molar-refractivity contribution is 7.88. The van der Waals surface area contributed by atoms with Gasteiger partial charge in [-0.15, -0.1) is 11.3 Å². The zero-order valence-corrected chi connectivity index (χ0v) is 14.6. The number of ether oxygens (including phenoxy) is 1. The number of hydrogen-bond donors (Lipinski definition) is 0. The van der Waals surface area contributed by atoms with Crippen LogP contribution in [-0.2, 0) is 21.3 Å². The van der Waals surface area contributed by atoms with Crippen LogP contribution >= 0.6 is 11.3 Å². The Labute approximate surface area is 135 Å². The molecule has 0 spiro atoms. The maximum absolute atomic E-state index is 12.1. The van der Waals surface area contributed by atoms with Crippen molar-refractivity contribution in [2.75, 3.05) is 12.9 Å². The lowest BCUT2D eigenvalue weighted by Crippen LogP contribution is -2.40. The molecule has 2 rings (SSSR count). The van der Waals surface area contributed by atoms with Gasteiger partial charge in [-0.25, -0.2) is 18.2 Å². The van der Waals surface area contributed by atoms with E-state index >= 15 is 0 Å². The van der Waals surface area contributed by atoms with Gasteiger partial charge in [-0.3, -0.25) is 0 Å². The van der Waals surface area contributed by atoms with Crippen LogP contribution in [0.5, 0.6) is 0 Å². The highest BCUT2D eigenvalue weighted by Crippen LogP contribution is 2.26. The van der Waals surface area contributed by atoms with Crippen molar-refractivity contribution in [3.8, 4) is 0 Å². The Bertz CT molecular complexity index is 606. The Balaban J connectivity index is 2.12. The van der Waals surface area contributed by atoms with Crippen molar-refractivity contribution < 1.29 is 17.9 Å². The summed E-state index contributed by atoms with van der Waals surface area (Å²) in [6.07, 6.45) is 6.30. The van der Waals surface area contributed by atoms with Crippen LogP contribution in [-0.4, -0.2) is 42.6 Å². The lowest BCUT2D eigenvalue weighted by atomic mass is 9.95. The van der Waals surface area contributed by atoms with Gasteiger partial charge in [0.1, 0.15) is 5.01 Å². The summed E-state index contributed by atoms with van der Waals surface area (Å²) in [5.74, 6) is -0.464. The molecule has 1 aromatic rings. The van der Waals surface area contributed by atoms with Gasteiger partial charge in [-0.05, 0) is 19.8 Å². The number of aromatic nitrogens is 1. The lowest BCUT2D eigenvalue weighted by molar-refractivity contribution is 0.0520. The molecule has 8 heteroatoms. The number of hydrogen-bond acceptors (Lipinski definition) is 6. The number of rotatable bonds is 6. The second-order valence-electron chi connectivity index (χ2n) is 5.45. The Morgan fingerprint density at radius 3 is 2.68 bits per heavy atom. The zero-order valence-electron chi connectivity index (χ0n) is 12.9. The molecule has 0 radical (unpaired) electrons. The minimum atomic E-state index is -3.30. The molecule has 1 saturated carbocycles. The molecular formula is C14H22N2O4S2. The minimum absolute atomic E-state index is 0.0405. The molecular weight excluding hydrogens is 324 g/mol. The van der Waals surface area contributed by atoms with Gasteiger partial charge in [0.25, 0.3) is 0 Å². The van der Waals surface area contributed by atoms with Crippen molar-refractivity contribution in [3.63, 3.8) is 0 Å². The molecule has 0 bridgehead atoms. The van der Waals surface area contributed by atoms with Crippen LogP contribution in [0.25, 0.3) is 0 Å². The van der Waals surface area contributed by atoms with Gasteiger partial charge in [0, 0.05) is 11.4 Å². The molecule has 1 aromatic heterocycles. The van der Waals surface area contributed by atoms with Crippen LogP contribution < -0.4 is 0 Å². The molecule has 1 aliphatic carbocycles. The largest absolute Gasteiger partial charge is 0.461 e. The molecule has 0 atom stereocenters. The van der Waals surface area contributed by atoms with Gasteiger partial charge in [0.2, 0.25) is 10.0 Å².